The summed E-state index contributed by atoms with van der Waals surface area (Å²) in [5.41, 5.74) is -1.10. The molecule has 0 heterocycles. The average molecular weight is 1360 g/mol. The third-order valence-corrected chi connectivity index (χ3v) is 33.5. The molecule has 2 aliphatic carbocycles. The minimum atomic E-state index is -6.04. The van der Waals surface area contributed by atoms with Crippen molar-refractivity contribution in [3.63, 3.8) is 0 Å². The first-order valence-corrected chi connectivity index (χ1v) is 39.5. The van der Waals surface area contributed by atoms with Gasteiger partial charge in [0, 0.05) is 16.7 Å². The zero-order valence-corrected chi connectivity index (χ0v) is 61.2. The fourth-order valence-corrected chi connectivity index (χ4v) is 23.3. The molecule has 2 atom stereocenters. The Morgan fingerprint density at radius 1 is 0.426 bits per heavy atom. The van der Waals surface area contributed by atoms with Gasteiger partial charge in [-0.3, -0.25) is 0 Å². The van der Waals surface area contributed by atoms with Crippen LogP contribution in [0.15, 0.2) is 164 Å². The minimum Gasteiger partial charge on any atom is -0.541 e. The second-order valence-electron chi connectivity index (χ2n) is 26.9. The highest BCUT2D eigenvalue weighted by atomic mass is 32.2. The summed E-state index contributed by atoms with van der Waals surface area (Å²) in [5, 5.41) is 3.77. The number of ether oxygens (including phenoxy) is 7. The van der Waals surface area contributed by atoms with Crippen molar-refractivity contribution in [2.75, 3.05) is 49.8 Å². The van der Waals surface area contributed by atoms with Crippen LogP contribution in [-0.4, -0.2) is 101 Å². The predicted molar refractivity (Wildman–Crippen MR) is 376 cm³/mol. The van der Waals surface area contributed by atoms with Crippen LogP contribution in [0.3, 0.4) is 0 Å². The molecule has 0 fully saturated rings. The van der Waals surface area contributed by atoms with Crippen LogP contribution < -0.4 is 58.3 Å². The Kier molecular flexibility index (Phi) is 22.2. The summed E-state index contributed by atoms with van der Waals surface area (Å²) < 4.78 is 133. The molecule has 0 aliphatic heterocycles. The van der Waals surface area contributed by atoms with E-state index in [0.717, 1.165) is 44.8 Å². The number of hydrogen-bond donors (Lipinski definition) is 0. The van der Waals surface area contributed by atoms with Gasteiger partial charge >= 0.3 is 15.6 Å². The van der Waals surface area contributed by atoms with Gasteiger partial charge in [-0.15, -0.1) is 0 Å². The first-order valence-electron chi connectivity index (χ1n) is 31.4. The largest absolute Gasteiger partial charge is 0.541 e. The van der Waals surface area contributed by atoms with Gasteiger partial charge in [0.15, 0.2) is 28.7 Å². The Morgan fingerprint density at radius 3 is 1.15 bits per heavy atom. The van der Waals surface area contributed by atoms with Gasteiger partial charge in [0.2, 0.25) is 11.5 Å². The molecule has 0 saturated carbocycles. The highest BCUT2D eigenvalue weighted by Gasteiger charge is 2.54. The molecule has 0 aromatic heterocycles. The van der Waals surface area contributed by atoms with Gasteiger partial charge in [-0.05, 0) is 128 Å². The Morgan fingerprint density at radius 2 is 0.798 bits per heavy atom. The lowest BCUT2D eigenvalue weighted by Crippen LogP contribution is -2.67. The molecule has 504 valence electrons. The SMILES string of the molecule is COc1cc2c(c(OC)c1OC)CCC(O[Si](c1ccccc1)(c1ccccc1)C(C)(C)C)C=C2OS(=O)(=O)C(F)(F)F.COc1ccc(C2=CC(O[Si](c3ccccc3)(c3ccccc3)C(C)(C)C)CCc3c2cc(OC)c(OC)c3OC)cc1O[Si](C)(C)C(C)(C)C. The second kappa shape index (κ2) is 28.9. The maximum atomic E-state index is 13.6. The summed E-state index contributed by atoms with van der Waals surface area (Å²) in [7, 11) is -3.48. The first kappa shape index (κ1) is 72.4. The molecule has 0 spiro atoms. The molecule has 7 aromatic rings. The van der Waals surface area contributed by atoms with Crippen molar-refractivity contribution in [2.24, 2.45) is 0 Å². The zero-order chi connectivity index (χ0) is 68.8. The number of halogens is 3. The van der Waals surface area contributed by atoms with E-state index in [4.69, 9.17) is 50.6 Å². The molecule has 0 amide bonds. The van der Waals surface area contributed by atoms with E-state index in [-0.39, 0.29) is 51.8 Å². The lowest BCUT2D eigenvalue weighted by atomic mass is 9.92. The van der Waals surface area contributed by atoms with Crippen LogP contribution in [0.5, 0.6) is 46.0 Å². The minimum absolute atomic E-state index is 0.00815. The molecule has 13 nitrogen and oxygen atoms in total. The van der Waals surface area contributed by atoms with E-state index in [2.05, 4.69) is 160 Å². The molecule has 2 unspecified atom stereocenters. The molecule has 94 heavy (non-hydrogen) atoms. The number of hydrogen-bond acceptors (Lipinski definition) is 13. The number of methoxy groups -OCH3 is 7. The van der Waals surface area contributed by atoms with Crippen molar-refractivity contribution >= 4 is 67.1 Å². The molecule has 0 saturated heterocycles. The summed E-state index contributed by atoms with van der Waals surface area (Å²) in [6.07, 6.45) is 4.54. The molecule has 7 aromatic carbocycles. The number of rotatable bonds is 20. The van der Waals surface area contributed by atoms with E-state index in [1.165, 1.54) is 43.8 Å². The first-order chi connectivity index (χ1) is 44.3. The standard InChI is InChI=1S/C43H56O6Si2.C31H35F3O7SSi/c1-42(2,3)50(11,12)49-38-27-30(23-26-37(38)44-7)35-28-31(24-25-34-36(35)29-39(45-8)41(47-10)40(34)46-9)48-51(43(4,5)6,32-19-15-13-16-20-32)33-21-17-14-18-22-33;1-30(2,3)43(22-13-9-7-10-14-22,23-15-11-8-12-16-23)41-21-17-18-24-25(20-27(37-4)29(39-6)28(24)38-5)26(19-21)40-42(35,36)31(32,33)34/h13-23,26-29,31H,24-25H2,1-12H3;7-16,19-21H,17-18H2,1-6H3. The lowest BCUT2D eigenvalue weighted by molar-refractivity contribution is -0.0509. The normalized spacial score (nSPS) is 15.6. The monoisotopic (exact) mass is 1360 g/mol. The zero-order valence-electron chi connectivity index (χ0n) is 57.4. The van der Waals surface area contributed by atoms with Crippen molar-refractivity contribution < 1.29 is 72.2 Å². The summed E-state index contributed by atoms with van der Waals surface area (Å²) >= 11 is 0. The van der Waals surface area contributed by atoms with Crippen LogP contribution in [0.1, 0.15) is 103 Å². The fourth-order valence-electron chi connectivity index (χ4n) is 12.5. The summed E-state index contributed by atoms with van der Waals surface area (Å²) in [6.45, 7) is 24.4. The fraction of sp³-hybridized carbons (Fsp3) is 0.378. The Balaban J connectivity index is 0.000000245. The van der Waals surface area contributed by atoms with Gasteiger partial charge in [-0.25, -0.2) is 0 Å². The van der Waals surface area contributed by atoms with Crippen LogP contribution in [0.25, 0.3) is 11.3 Å². The summed E-state index contributed by atoms with van der Waals surface area (Å²) in [4.78, 5) is 0. The molecular formula is C74H91F3O13SSi3. The number of fused-ring (bicyclic) bond motifs is 2. The highest BCUT2D eigenvalue weighted by molar-refractivity contribution is 7.87. The highest BCUT2D eigenvalue weighted by Crippen LogP contribution is 2.51. The van der Waals surface area contributed by atoms with E-state index in [1.807, 2.05) is 66.7 Å². The van der Waals surface area contributed by atoms with Gasteiger partial charge in [0.05, 0.1) is 62.0 Å². The topological polar surface area (TPSA) is 136 Å². The Labute approximate surface area is 557 Å². The number of alkyl halides is 3. The molecule has 0 N–H and O–H groups in total. The van der Waals surface area contributed by atoms with E-state index >= 15 is 0 Å². The maximum Gasteiger partial charge on any atom is 0.534 e. The summed E-state index contributed by atoms with van der Waals surface area (Å²) in [6, 6.07) is 50.8. The molecular weight excluding hydrogens is 1270 g/mol. The van der Waals surface area contributed by atoms with Gasteiger partial charge in [-0.2, -0.15) is 21.6 Å². The van der Waals surface area contributed by atoms with Gasteiger partial charge in [0.1, 0.15) is 11.5 Å². The lowest BCUT2D eigenvalue weighted by Gasteiger charge is -2.44. The van der Waals surface area contributed by atoms with Crippen LogP contribution in [-0.2, 0) is 36.0 Å². The average Bonchev–Trinajstić information content (AvgIpc) is 0.780. The maximum absolute atomic E-state index is 13.6. The van der Waals surface area contributed by atoms with Crippen molar-refractivity contribution in [1.82, 2.24) is 0 Å². The van der Waals surface area contributed by atoms with Gasteiger partial charge in [-0.1, -0.05) is 190 Å². The van der Waals surface area contributed by atoms with Crippen molar-refractivity contribution in [3.8, 4) is 46.0 Å². The molecule has 20 heteroatoms. The van der Waals surface area contributed by atoms with Gasteiger partial charge in [0.25, 0.3) is 25.0 Å². The smallest absolute Gasteiger partial charge is 0.534 e. The third-order valence-electron chi connectivity index (χ3n) is 18.1. The molecule has 0 bridgehead atoms. The number of benzene rings is 7. The van der Waals surface area contributed by atoms with Crippen molar-refractivity contribution in [1.29, 1.82) is 0 Å². The summed E-state index contributed by atoms with van der Waals surface area (Å²) in [5.74, 6) is 3.33. The van der Waals surface area contributed by atoms with Crippen LogP contribution in [0, 0.1) is 0 Å². The Hall–Kier alpha value is -7.47. The van der Waals surface area contributed by atoms with E-state index < -0.39 is 57.5 Å². The molecule has 2 aliphatic rings. The van der Waals surface area contributed by atoms with E-state index in [9.17, 15) is 21.6 Å². The molecule has 9 rings (SSSR count). The van der Waals surface area contributed by atoms with Crippen LogP contribution in [0.2, 0.25) is 28.2 Å². The second-order valence-corrected chi connectivity index (χ2v) is 41.6. The van der Waals surface area contributed by atoms with Crippen LogP contribution in [0.4, 0.5) is 13.2 Å². The van der Waals surface area contributed by atoms with Crippen molar-refractivity contribution in [3.05, 3.63) is 192 Å². The van der Waals surface area contributed by atoms with Crippen LogP contribution >= 0.6 is 0 Å². The predicted octanol–water partition coefficient (Wildman–Crippen LogP) is 15.2. The van der Waals surface area contributed by atoms with Gasteiger partial charge < -0.3 is 50.6 Å². The Bertz CT molecular complexity index is 3840. The van der Waals surface area contributed by atoms with E-state index in [0.29, 0.717) is 35.0 Å². The molecule has 0 radical (unpaired) electrons. The van der Waals surface area contributed by atoms with E-state index in [1.54, 1.807) is 28.4 Å². The van der Waals surface area contributed by atoms with Crippen molar-refractivity contribution in [2.45, 2.75) is 134 Å². The third kappa shape index (κ3) is 14.5. The quantitative estimate of drug-likeness (QED) is 0.0407.